The fourth-order valence-corrected chi connectivity index (χ4v) is 4.27. The molecule has 0 aliphatic carbocycles. The zero-order valence-corrected chi connectivity index (χ0v) is 22.1. The van der Waals surface area contributed by atoms with Crippen LogP contribution in [0.25, 0.3) is 22.4 Å². The molecule has 2 heterocycles. The molecule has 9 heteroatoms. The summed E-state index contributed by atoms with van der Waals surface area (Å²) in [5.74, 6) is -1.51. The number of nitriles is 1. The molecule has 0 aliphatic heterocycles. The molecule has 0 spiro atoms. The number of aliphatic carboxylic acids is 1. The molecular formula is C26H29FN3NaO4. The number of halogens is 1. The number of carbonyl (C=O) groups is 1. The normalized spacial score (nSPS) is 12.6. The second kappa shape index (κ2) is 13.0. The van der Waals surface area contributed by atoms with Crippen LogP contribution >= 0.6 is 0 Å². The third-order valence-electron chi connectivity index (χ3n) is 5.65. The standard InChI is InChI=1S/C26H28FN3O4.Na.H/c1-16(2)30-22(11-10-19(31)13-20(32)14-24(33)34)25(17-6-8-18(27)9-7-17)26(23(30)15-28)21-5-3-4-12-29-21;;/h3-9,12,16,19-20,31-32H,10-11,13-14H2,1-2H3,(H,33,34);;/q;+1;-1/t19-,20-;;/m1../s1. The van der Waals surface area contributed by atoms with Crippen molar-refractivity contribution in [1.29, 1.82) is 5.26 Å². The molecule has 0 amide bonds. The minimum Gasteiger partial charge on any atom is -1.00 e. The van der Waals surface area contributed by atoms with E-state index in [1.165, 1.54) is 12.1 Å². The van der Waals surface area contributed by atoms with Crippen LogP contribution in [-0.2, 0) is 11.2 Å². The summed E-state index contributed by atoms with van der Waals surface area (Å²) in [7, 11) is 0. The summed E-state index contributed by atoms with van der Waals surface area (Å²) in [4.78, 5) is 15.3. The first-order valence-electron chi connectivity index (χ1n) is 11.1. The van der Waals surface area contributed by atoms with Crippen LogP contribution in [0.2, 0.25) is 0 Å². The number of nitrogens with zero attached hydrogens (tertiary/aromatic N) is 3. The van der Waals surface area contributed by atoms with Gasteiger partial charge in [0.1, 0.15) is 17.6 Å². The molecule has 2 aromatic heterocycles. The van der Waals surface area contributed by atoms with Gasteiger partial charge in [0.05, 0.1) is 24.3 Å². The number of aliphatic hydroxyl groups is 2. The summed E-state index contributed by atoms with van der Waals surface area (Å²) in [5.41, 5.74) is 3.90. The topological polar surface area (TPSA) is 119 Å². The third-order valence-corrected chi connectivity index (χ3v) is 5.65. The second-order valence-electron chi connectivity index (χ2n) is 8.52. The van der Waals surface area contributed by atoms with Crippen LogP contribution in [0, 0.1) is 17.1 Å². The minimum atomic E-state index is -1.15. The summed E-state index contributed by atoms with van der Waals surface area (Å²) < 4.78 is 15.6. The molecule has 3 N–H and O–H groups in total. The van der Waals surface area contributed by atoms with Crippen LogP contribution in [0.5, 0.6) is 0 Å². The average molecular weight is 490 g/mol. The summed E-state index contributed by atoms with van der Waals surface area (Å²) in [6.07, 6.45) is -0.358. The average Bonchev–Trinajstić information content (AvgIpc) is 3.12. The van der Waals surface area contributed by atoms with Gasteiger partial charge < -0.3 is 21.3 Å². The Kier molecular flexibility index (Phi) is 10.6. The Morgan fingerprint density at radius 3 is 2.37 bits per heavy atom. The van der Waals surface area contributed by atoms with Gasteiger partial charge in [-0.3, -0.25) is 9.78 Å². The van der Waals surface area contributed by atoms with Gasteiger partial charge in [-0.05, 0) is 62.9 Å². The maximum absolute atomic E-state index is 13.7. The van der Waals surface area contributed by atoms with Crippen molar-refractivity contribution in [3.05, 3.63) is 65.9 Å². The van der Waals surface area contributed by atoms with Gasteiger partial charge in [-0.15, -0.1) is 0 Å². The molecular weight excluding hydrogens is 460 g/mol. The van der Waals surface area contributed by atoms with Gasteiger partial charge in [0, 0.05) is 29.1 Å². The van der Waals surface area contributed by atoms with Crippen molar-refractivity contribution in [3.8, 4) is 28.5 Å². The van der Waals surface area contributed by atoms with E-state index in [-0.39, 0.29) is 55.7 Å². The molecule has 180 valence electrons. The summed E-state index contributed by atoms with van der Waals surface area (Å²) in [6.45, 7) is 3.90. The van der Waals surface area contributed by atoms with Crippen molar-refractivity contribution in [1.82, 2.24) is 9.55 Å². The van der Waals surface area contributed by atoms with E-state index in [0.29, 0.717) is 28.9 Å². The van der Waals surface area contributed by atoms with Crippen molar-refractivity contribution < 1.29 is 55.5 Å². The number of pyridine rings is 1. The maximum Gasteiger partial charge on any atom is 1.00 e. The number of hydrogen-bond acceptors (Lipinski definition) is 5. The molecule has 3 aromatic rings. The third kappa shape index (κ3) is 7.00. The molecule has 0 bridgehead atoms. The van der Waals surface area contributed by atoms with Gasteiger partial charge in [0.25, 0.3) is 0 Å². The smallest absolute Gasteiger partial charge is 1.00 e. The van der Waals surface area contributed by atoms with E-state index in [2.05, 4.69) is 11.1 Å². The van der Waals surface area contributed by atoms with E-state index in [1.807, 2.05) is 30.5 Å². The van der Waals surface area contributed by atoms with E-state index in [4.69, 9.17) is 5.11 Å². The van der Waals surface area contributed by atoms with E-state index < -0.39 is 24.6 Å². The molecule has 2 atom stereocenters. The Labute approximate surface area is 227 Å². The zero-order chi connectivity index (χ0) is 24.8. The van der Waals surface area contributed by atoms with Crippen LogP contribution in [0.1, 0.15) is 52.0 Å². The number of benzene rings is 1. The van der Waals surface area contributed by atoms with Crippen molar-refractivity contribution in [2.45, 2.75) is 57.8 Å². The Morgan fingerprint density at radius 1 is 1.14 bits per heavy atom. The molecule has 0 radical (unpaired) electrons. The molecule has 3 rings (SSSR count). The number of hydrogen-bond donors (Lipinski definition) is 3. The predicted octanol–water partition coefficient (Wildman–Crippen LogP) is 1.44. The first-order valence-corrected chi connectivity index (χ1v) is 11.1. The predicted molar refractivity (Wildman–Crippen MR) is 126 cm³/mol. The Morgan fingerprint density at radius 2 is 1.83 bits per heavy atom. The Bertz CT molecular complexity index is 1180. The van der Waals surface area contributed by atoms with Gasteiger partial charge in [0.2, 0.25) is 0 Å². The number of rotatable bonds is 10. The molecule has 7 nitrogen and oxygen atoms in total. The fraction of sp³-hybridized carbons (Fsp3) is 0.346. The first-order chi connectivity index (χ1) is 16.2. The summed E-state index contributed by atoms with van der Waals surface area (Å²) in [6, 6.07) is 13.7. The molecule has 35 heavy (non-hydrogen) atoms. The first kappa shape index (κ1) is 28.7. The quantitative estimate of drug-likeness (QED) is 0.371. The molecule has 0 saturated carbocycles. The number of carboxylic acid groups (broad SMARTS) is 1. The monoisotopic (exact) mass is 489 g/mol. The largest absolute Gasteiger partial charge is 1.00 e. The second-order valence-corrected chi connectivity index (χ2v) is 8.52. The van der Waals surface area contributed by atoms with Gasteiger partial charge >= 0.3 is 35.5 Å². The van der Waals surface area contributed by atoms with Crippen LogP contribution in [0.3, 0.4) is 0 Å². The number of aliphatic hydroxyl groups excluding tert-OH is 2. The van der Waals surface area contributed by atoms with Gasteiger partial charge in [0.15, 0.2) is 0 Å². The number of aromatic nitrogens is 2. The van der Waals surface area contributed by atoms with E-state index in [0.717, 1.165) is 11.3 Å². The van der Waals surface area contributed by atoms with Gasteiger partial charge in [-0.25, -0.2) is 4.39 Å². The zero-order valence-electron chi connectivity index (χ0n) is 21.1. The molecule has 1 aromatic carbocycles. The summed E-state index contributed by atoms with van der Waals surface area (Å²) in [5, 5.41) is 39.3. The van der Waals surface area contributed by atoms with Crippen molar-refractivity contribution in [3.63, 3.8) is 0 Å². The summed E-state index contributed by atoms with van der Waals surface area (Å²) >= 11 is 0. The van der Waals surface area contributed by atoms with Crippen LogP contribution in [0.4, 0.5) is 4.39 Å². The molecule has 0 unspecified atom stereocenters. The van der Waals surface area contributed by atoms with Crippen LogP contribution in [0.15, 0.2) is 48.7 Å². The van der Waals surface area contributed by atoms with Crippen molar-refractivity contribution in [2.24, 2.45) is 0 Å². The molecule has 0 fully saturated rings. The van der Waals surface area contributed by atoms with Crippen LogP contribution in [-0.4, -0.2) is 43.0 Å². The van der Waals surface area contributed by atoms with Gasteiger partial charge in [-0.1, -0.05) is 18.2 Å². The van der Waals surface area contributed by atoms with Crippen molar-refractivity contribution in [2.75, 3.05) is 0 Å². The van der Waals surface area contributed by atoms with E-state index in [9.17, 15) is 24.7 Å². The van der Waals surface area contributed by atoms with Gasteiger partial charge in [-0.2, -0.15) is 5.26 Å². The Balaban J connectivity index is 0.00000324. The maximum atomic E-state index is 13.7. The van der Waals surface area contributed by atoms with E-state index in [1.54, 1.807) is 24.4 Å². The minimum absolute atomic E-state index is 0. The molecule has 0 saturated heterocycles. The molecule has 0 aliphatic rings. The number of carboxylic acids is 1. The SMILES string of the molecule is CC(C)n1c(C#N)c(-c2ccccn2)c(-c2ccc(F)cc2)c1CC[C@@H](O)C[C@@H](O)CC(=O)O.[H-].[Na+]. The van der Waals surface area contributed by atoms with Crippen LogP contribution < -0.4 is 29.6 Å². The fourth-order valence-electron chi connectivity index (χ4n) is 4.27. The Hall–Kier alpha value is -2.54. The van der Waals surface area contributed by atoms with E-state index >= 15 is 0 Å². The van der Waals surface area contributed by atoms with Crippen molar-refractivity contribution >= 4 is 5.97 Å².